The molecule has 0 bridgehead atoms. The standard InChI is InChI=1S/C23H27ClN10O/c1-23(11-20(35)29-19-13-27-17(24)12-28-19)7-3-9-34(23)22(25)31-21(15-4-2-8-26-15)30-18-10-16(32-33-18)14-5-6-14/h2,4,8,10,12-14,26H,3,5-7,9,11H2,1H3,(H,28,29,35)(H3,25,30,31,32,33)/t23-/m0/s1. The third-order valence-electron chi connectivity index (χ3n) is 6.34. The lowest BCUT2D eigenvalue weighted by molar-refractivity contribution is -0.118. The molecule has 1 aliphatic carbocycles. The first-order valence-corrected chi connectivity index (χ1v) is 11.9. The number of aromatic amines is 2. The maximum absolute atomic E-state index is 12.8. The molecule has 35 heavy (non-hydrogen) atoms. The van der Waals surface area contributed by atoms with Crippen molar-refractivity contribution in [1.82, 2.24) is 30.0 Å². The van der Waals surface area contributed by atoms with Crippen LogP contribution in [-0.4, -0.2) is 59.8 Å². The van der Waals surface area contributed by atoms with E-state index >= 15 is 0 Å². The van der Waals surface area contributed by atoms with Gasteiger partial charge >= 0.3 is 0 Å². The Hall–Kier alpha value is -3.73. The van der Waals surface area contributed by atoms with Gasteiger partial charge in [0.05, 0.1) is 24.5 Å². The molecule has 3 aromatic heterocycles. The number of aromatic nitrogens is 5. The van der Waals surface area contributed by atoms with Crippen molar-refractivity contribution in [3.8, 4) is 0 Å². The zero-order valence-corrected chi connectivity index (χ0v) is 20.1. The summed E-state index contributed by atoms with van der Waals surface area (Å²) in [7, 11) is 0. The second-order valence-electron chi connectivity index (χ2n) is 9.15. The van der Waals surface area contributed by atoms with Crippen molar-refractivity contribution in [2.45, 2.75) is 50.5 Å². The molecule has 0 spiro atoms. The highest BCUT2D eigenvalue weighted by atomic mass is 35.5. The molecule has 0 unspecified atom stereocenters. The molecule has 2 aliphatic rings. The molecule has 4 heterocycles. The summed E-state index contributed by atoms with van der Waals surface area (Å²) in [6, 6.07) is 5.71. The normalized spacial score (nSPS) is 20.9. The summed E-state index contributed by atoms with van der Waals surface area (Å²) < 4.78 is 0. The van der Waals surface area contributed by atoms with Gasteiger partial charge in [-0.3, -0.25) is 9.89 Å². The number of nitrogens with one attached hydrogen (secondary N) is 3. The lowest BCUT2D eigenvalue weighted by atomic mass is 9.94. The van der Waals surface area contributed by atoms with Crippen LogP contribution in [0.25, 0.3) is 0 Å². The van der Waals surface area contributed by atoms with Crippen LogP contribution in [0.2, 0.25) is 5.15 Å². The number of carbonyl (C=O) groups is 1. The van der Waals surface area contributed by atoms with Crippen molar-refractivity contribution in [2.75, 3.05) is 11.9 Å². The molecule has 2 fully saturated rings. The number of hydrogen-bond donors (Lipinski definition) is 4. The van der Waals surface area contributed by atoms with E-state index in [0.717, 1.165) is 24.2 Å². The Bertz CT molecular complexity index is 1250. The number of halogens is 1. The monoisotopic (exact) mass is 494 g/mol. The fraction of sp³-hybridized carbons (Fsp3) is 0.391. The largest absolute Gasteiger partial charge is 0.369 e. The summed E-state index contributed by atoms with van der Waals surface area (Å²) in [5.74, 6) is 1.99. The fourth-order valence-corrected chi connectivity index (χ4v) is 4.48. The smallest absolute Gasteiger partial charge is 0.227 e. The molecule has 11 nitrogen and oxygen atoms in total. The first-order valence-electron chi connectivity index (χ1n) is 11.6. The third-order valence-corrected chi connectivity index (χ3v) is 6.53. The van der Waals surface area contributed by atoms with Crippen molar-refractivity contribution < 1.29 is 4.79 Å². The number of amidine groups is 1. The van der Waals surface area contributed by atoms with Gasteiger partial charge in [0.15, 0.2) is 23.4 Å². The van der Waals surface area contributed by atoms with Crippen molar-refractivity contribution in [3.05, 3.63) is 53.3 Å². The van der Waals surface area contributed by atoms with Gasteiger partial charge < -0.3 is 20.9 Å². The highest BCUT2D eigenvalue weighted by molar-refractivity contribution is 6.29. The summed E-state index contributed by atoms with van der Waals surface area (Å²) >= 11 is 5.77. The topological polar surface area (TPSA) is 153 Å². The van der Waals surface area contributed by atoms with E-state index in [-0.39, 0.29) is 17.5 Å². The predicted octanol–water partition coefficient (Wildman–Crippen LogP) is 3.33. The van der Waals surface area contributed by atoms with Crippen molar-refractivity contribution in [3.63, 3.8) is 0 Å². The lowest BCUT2D eigenvalue weighted by Crippen LogP contribution is -2.50. The quantitative estimate of drug-likeness (QED) is 0.304. The molecule has 0 aromatic carbocycles. The first kappa shape index (κ1) is 23.0. The molecule has 5 rings (SSSR count). The molecular weight excluding hydrogens is 468 g/mol. The van der Waals surface area contributed by atoms with Crippen LogP contribution in [0.1, 0.15) is 56.3 Å². The van der Waals surface area contributed by atoms with E-state index in [1.54, 1.807) is 6.20 Å². The fourth-order valence-electron chi connectivity index (χ4n) is 4.39. The van der Waals surface area contributed by atoms with Crippen molar-refractivity contribution in [2.24, 2.45) is 15.7 Å². The second kappa shape index (κ2) is 9.49. The minimum absolute atomic E-state index is 0.189. The van der Waals surface area contributed by atoms with Gasteiger partial charge in [-0.1, -0.05) is 11.6 Å². The summed E-state index contributed by atoms with van der Waals surface area (Å²) in [5.41, 5.74) is 7.82. The number of hydrogen-bond acceptors (Lipinski definition) is 5. The number of H-pyrrole nitrogens is 2. The number of nitrogens with two attached hydrogens (primary N) is 1. The summed E-state index contributed by atoms with van der Waals surface area (Å²) in [5, 5.41) is 10.4. The van der Waals surface area contributed by atoms with Gasteiger partial charge in [0, 0.05) is 36.0 Å². The van der Waals surface area contributed by atoms with Gasteiger partial charge in [0.2, 0.25) is 5.91 Å². The van der Waals surface area contributed by atoms with Crippen LogP contribution in [0.4, 0.5) is 11.6 Å². The Morgan fingerprint density at radius 1 is 1.37 bits per heavy atom. The summed E-state index contributed by atoms with van der Waals surface area (Å²) in [6.45, 7) is 2.70. The maximum atomic E-state index is 12.8. The molecule has 3 aromatic rings. The summed E-state index contributed by atoms with van der Waals surface area (Å²) in [4.78, 5) is 35.3. The number of anilines is 1. The van der Waals surface area contributed by atoms with Crippen LogP contribution in [0.3, 0.4) is 0 Å². The molecule has 12 heteroatoms. The average molecular weight is 495 g/mol. The molecule has 1 atom stereocenters. The summed E-state index contributed by atoms with van der Waals surface area (Å²) in [6.07, 6.45) is 8.86. The van der Waals surface area contributed by atoms with E-state index in [0.29, 0.717) is 35.9 Å². The van der Waals surface area contributed by atoms with Gasteiger partial charge in [-0.15, -0.1) is 0 Å². The van der Waals surface area contributed by atoms with Crippen LogP contribution in [-0.2, 0) is 4.79 Å². The van der Waals surface area contributed by atoms with Crippen LogP contribution in [0, 0.1) is 0 Å². The van der Waals surface area contributed by atoms with Gasteiger partial charge in [-0.25, -0.2) is 15.0 Å². The molecule has 1 amide bonds. The Labute approximate surface area is 207 Å². The molecule has 0 radical (unpaired) electrons. The van der Waals surface area contributed by atoms with E-state index in [4.69, 9.17) is 17.3 Å². The van der Waals surface area contributed by atoms with E-state index in [1.165, 1.54) is 25.2 Å². The number of carbonyl (C=O) groups excluding carboxylic acids is 1. The number of aliphatic imine (C=N–C) groups is 2. The average Bonchev–Trinajstić information content (AvgIpc) is 3.20. The highest BCUT2D eigenvalue weighted by Gasteiger charge is 2.40. The van der Waals surface area contributed by atoms with Crippen LogP contribution >= 0.6 is 11.6 Å². The van der Waals surface area contributed by atoms with E-state index < -0.39 is 5.54 Å². The molecule has 1 saturated heterocycles. The minimum Gasteiger partial charge on any atom is -0.369 e. The third kappa shape index (κ3) is 5.35. The van der Waals surface area contributed by atoms with Gasteiger partial charge in [-0.05, 0) is 44.7 Å². The Morgan fingerprint density at radius 3 is 2.94 bits per heavy atom. The van der Waals surface area contributed by atoms with E-state index in [2.05, 4.69) is 40.5 Å². The number of guanidine groups is 1. The number of rotatable bonds is 6. The van der Waals surface area contributed by atoms with E-state index in [9.17, 15) is 4.79 Å². The second-order valence-corrected chi connectivity index (χ2v) is 9.53. The Kier molecular flexibility index (Phi) is 6.25. The zero-order valence-electron chi connectivity index (χ0n) is 19.3. The molecular formula is C23H27ClN10O. The van der Waals surface area contributed by atoms with Gasteiger partial charge in [0.1, 0.15) is 5.15 Å². The van der Waals surface area contributed by atoms with Gasteiger partial charge in [0.25, 0.3) is 0 Å². The zero-order chi connectivity index (χ0) is 24.4. The van der Waals surface area contributed by atoms with Crippen LogP contribution in [0.15, 0.2) is 46.8 Å². The number of nitrogens with zero attached hydrogens (tertiary/aromatic N) is 6. The lowest BCUT2D eigenvalue weighted by Gasteiger charge is -2.35. The number of amides is 1. The molecule has 1 saturated carbocycles. The molecule has 1 aliphatic heterocycles. The predicted molar refractivity (Wildman–Crippen MR) is 134 cm³/mol. The maximum Gasteiger partial charge on any atom is 0.227 e. The Morgan fingerprint density at radius 2 is 2.23 bits per heavy atom. The van der Waals surface area contributed by atoms with Crippen molar-refractivity contribution in [1.29, 1.82) is 0 Å². The highest BCUT2D eigenvalue weighted by Crippen LogP contribution is 2.40. The van der Waals surface area contributed by atoms with E-state index in [1.807, 2.05) is 30.0 Å². The Balaban J connectivity index is 1.35. The van der Waals surface area contributed by atoms with Crippen LogP contribution < -0.4 is 11.1 Å². The van der Waals surface area contributed by atoms with Gasteiger partial charge in [-0.2, -0.15) is 10.1 Å². The van der Waals surface area contributed by atoms with Crippen LogP contribution in [0.5, 0.6) is 0 Å². The van der Waals surface area contributed by atoms with Crippen molar-refractivity contribution >= 4 is 40.9 Å². The number of likely N-dealkylation sites (tertiary alicyclic amines) is 1. The minimum atomic E-state index is -0.510. The first-order chi connectivity index (χ1) is 16.9. The SMILES string of the molecule is C[C@@]1(CC(=O)Nc2cnc(Cl)cn2)CCCN1C(N)=NC(=Nc1cc(C2CC2)[nH]n1)c1ccc[nH]1. The molecule has 182 valence electrons. The molecule has 5 N–H and O–H groups in total.